The van der Waals surface area contributed by atoms with Crippen LogP contribution in [-0.2, 0) is 4.79 Å². The highest BCUT2D eigenvalue weighted by molar-refractivity contribution is 7.13. The molecule has 4 nitrogen and oxygen atoms in total. The summed E-state index contributed by atoms with van der Waals surface area (Å²) in [5, 5.41) is 9.22. The Balaban J connectivity index is 1.57. The molecule has 0 radical (unpaired) electrons. The van der Waals surface area contributed by atoms with Crippen LogP contribution < -0.4 is 10.6 Å². The van der Waals surface area contributed by atoms with Gasteiger partial charge in [0.15, 0.2) is 5.13 Å². The molecule has 1 amide bonds. The van der Waals surface area contributed by atoms with E-state index in [0.29, 0.717) is 12.3 Å². The van der Waals surface area contributed by atoms with Crippen LogP contribution in [0.5, 0.6) is 0 Å². The summed E-state index contributed by atoms with van der Waals surface area (Å²) in [7, 11) is 1.98. The molecule has 0 saturated heterocycles. The van der Waals surface area contributed by atoms with Gasteiger partial charge >= 0.3 is 0 Å². The molecule has 1 heterocycles. The van der Waals surface area contributed by atoms with E-state index in [4.69, 9.17) is 0 Å². The molecule has 1 aromatic rings. The van der Waals surface area contributed by atoms with Gasteiger partial charge in [-0.3, -0.25) is 4.79 Å². The molecule has 0 atom stereocenters. The van der Waals surface area contributed by atoms with Crippen molar-refractivity contribution in [2.45, 2.75) is 62.8 Å². The van der Waals surface area contributed by atoms with E-state index in [1.165, 1.54) is 32.1 Å². The highest BCUT2D eigenvalue weighted by Gasteiger charge is 2.33. The summed E-state index contributed by atoms with van der Waals surface area (Å²) in [5.41, 5.74) is 1.16. The van der Waals surface area contributed by atoms with Crippen molar-refractivity contribution >= 4 is 22.4 Å². The van der Waals surface area contributed by atoms with Crippen LogP contribution in [-0.4, -0.2) is 23.5 Å². The molecule has 5 heteroatoms. The average molecular weight is 293 g/mol. The molecule has 0 spiro atoms. The average Bonchev–Trinajstić information content (AvgIpc) is 3.21. The minimum Gasteiger partial charge on any atom is -0.314 e. The number of carbonyl (C=O) groups excluding carboxylic acids is 1. The van der Waals surface area contributed by atoms with Crippen molar-refractivity contribution in [3.8, 4) is 0 Å². The first-order valence-electron chi connectivity index (χ1n) is 7.65. The molecule has 0 unspecified atom stereocenters. The third-order valence-corrected chi connectivity index (χ3v) is 5.38. The van der Waals surface area contributed by atoms with Crippen LogP contribution in [0.15, 0.2) is 5.38 Å². The van der Waals surface area contributed by atoms with E-state index >= 15 is 0 Å². The van der Waals surface area contributed by atoms with Crippen LogP contribution in [0.1, 0.15) is 63.0 Å². The van der Waals surface area contributed by atoms with Crippen LogP contribution in [0.25, 0.3) is 0 Å². The second kappa shape index (κ2) is 5.82. The molecule has 1 aromatic heterocycles. The number of thiazole rings is 1. The summed E-state index contributed by atoms with van der Waals surface area (Å²) < 4.78 is 0. The van der Waals surface area contributed by atoms with Crippen LogP contribution >= 0.6 is 11.3 Å². The highest BCUT2D eigenvalue weighted by Crippen LogP contribution is 2.41. The monoisotopic (exact) mass is 293 g/mol. The topological polar surface area (TPSA) is 54.0 Å². The quantitative estimate of drug-likeness (QED) is 0.876. The number of hydrogen-bond donors (Lipinski definition) is 2. The fourth-order valence-electron chi connectivity index (χ4n) is 3.12. The zero-order valence-corrected chi connectivity index (χ0v) is 12.9. The second-order valence-electron chi connectivity index (χ2n) is 6.17. The lowest BCUT2D eigenvalue weighted by Crippen LogP contribution is -2.47. The van der Waals surface area contributed by atoms with E-state index in [1.54, 1.807) is 11.3 Å². The zero-order valence-electron chi connectivity index (χ0n) is 12.1. The molecule has 0 aliphatic heterocycles. The van der Waals surface area contributed by atoms with Gasteiger partial charge in [-0.1, -0.05) is 19.3 Å². The number of anilines is 1. The summed E-state index contributed by atoms with van der Waals surface area (Å²) >= 11 is 1.55. The Bertz CT molecular complexity index is 475. The lowest BCUT2D eigenvalue weighted by atomic mass is 9.79. The van der Waals surface area contributed by atoms with Crippen LogP contribution in [0, 0.1) is 0 Å². The Morgan fingerprint density at radius 2 is 2.15 bits per heavy atom. The lowest BCUT2D eigenvalue weighted by molar-refractivity contribution is -0.117. The maximum atomic E-state index is 12.3. The summed E-state index contributed by atoms with van der Waals surface area (Å²) in [4.78, 5) is 16.8. The third kappa shape index (κ3) is 3.20. The molecular formula is C15H23N3OS. The number of hydrogen-bond acceptors (Lipinski definition) is 4. The van der Waals surface area contributed by atoms with E-state index < -0.39 is 0 Å². The van der Waals surface area contributed by atoms with Gasteiger partial charge in [0.25, 0.3) is 0 Å². The fourth-order valence-corrected chi connectivity index (χ4v) is 3.93. The second-order valence-corrected chi connectivity index (χ2v) is 7.03. The van der Waals surface area contributed by atoms with Gasteiger partial charge in [-0.05, 0) is 32.7 Å². The Labute approximate surface area is 124 Å². The van der Waals surface area contributed by atoms with Gasteiger partial charge in [0, 0.05) is 23.3 Å². The van der Waals surface area contributed by atoms with Crippen LogP contribution in [0.3, 0.4) is 0 Å². The van der Waals surface area contributed by atoms with Gasteiger partial charge in [-0.25, -0.2) is 4.98 Å². The minimum atomic E-state index is -0.00108. The van der Waals surface area contributed by atoms with Crippen molar-refractivity contribution in [3.63, 3.8) is 0 Å². The molecule has 2 aliphatic carbocycles. The van der Waals surface area contributed by atoms with E-state index in [2.05, 4.69) is 21.0 Å². The van der Waals surface area contributed by atoms with Crippen molar-refractivity contribution in [1.29, 1.82) is 0 Å². The van der Waals surface area contributed by atoms with Crippen molar-refractivity contribution < 1.29 is 4.79 Å². The molecule has 0 bridgehead atoms. The maximum absolute atomic E-state index is 12.3. The Kier molecular flexibility index (Phi) is 4.08. The number of rotatable bonds is 5. The van der Waals surface area contributed by atoms with E-state index in [-0.39, 0.29) is 11.4 Å². The van der Waals surface area contributed by atoms with Crippen molar-refractivity contribution in [3.05, 3.63) is 11.1 Å². The fraction of sp³-hybridized carbons (Fsp3) is 0.733. The third-order valence-electron chi connectivity index (χ3n) is 4.60. The first kappa shape index (κ1) is 14.0. The minimum absolute atomic E-state index is 0.00108. The van der Waals surface area contributed by atoms with Crippen molar-refractivity contribution in [1.82, 2.24) is 10.3 Å². The van der Waals surface area contributed by atoms with Gasteiger partial charge in [0.1, 0.15) is 0 Å². The summed E-state index contributed by atoms with van der Waals surface area (Å²) in [6.07, 6.45) is 8.99. The van der Waals surface area contributed by atoms with Crippen LogP contribution in [0.4, 0.5) is 5.13 Å². The summed E-state index contributed by atoms with van der Waals surface area (Å²) in [6, 6.07) is 0. The van der Waals surface area contributed by atoms with Gasteiger partial charge in [0.2, 0.25) is 5.91 Å². The number of amides is 1. The van der Waals surface area contributed by atoms with E-state index in [0.717, 1.165) is 23.7 Å². The van der Waals surface area contributed by atoms with Crippen LogP contribution in [0.2, 0.25) is 0 Å². The SMILES string of the molecule is CNC1(CC(=O)Nc2nc(C3CC3)cs2)CCCCC1. The van der Waals surface area contributed by atoms with Gasteiger partial charge in [-0.15, -0.1) is 11.3 Å². The standard InChI is InChI=1S/C15H23N3OS/c1-16-15(7-3-2-4-8-15)9-13(19)18-14-17-12(10-20-14)11-5-6-11/h10-11,16H,2-9H2,1H3,(H,17,18,19). The smallest absolute Gasteiger partial charge is 0.228 e. The molecular weight excluding hydrogens is 270 g/mol. The van der Waals surface area contributed by atoms with E-state index in [1.807, 2.05) is 7.05 Å². The first-order chi connectivity index (χ1) is 9.71. The predicted octanol–water partition coefficient (Wildman–Crippen LogP) is 3.27. The number of nitrogens with zero attached hydrogens (tertiary/aromatic N) is 1. The van der Waals surface area contributed by atoms with Gasteiger partial charge in [-0.2, -0.15) is 0 Å². The molecule has 2 saturated carbocycles. The van der Waals surface area contributed by atoms with Crippen molar-refractivity contribution in [2.24, 2.45) is 0 Å². The Morgan fingerprint density at radius 1 is 1.40 bits per heavy atom. The molecule has 3 rings (SSSR count). The zero-order chi connectivity index (χ0) is 14.0. The number of aromatic nitrogens is 1. The van der Waals surface area contributed by atoms with Gasteiger partial charge in [0.05, 0.1) is 5.69 Å². The van der Waals surface area contributed by atoms with Gasteiger partial charge < -0.3 is 10.6 Å². The molecule has 20 heavy (non-hydrogen) atoms. The molecule has 0 aromatic carbocycles. The Hall–Kier alpha value is -0.940. The normalized spacial score (nSPS) is 21.6. The summed E-state index contributed by atoms with van der Waals surface area (Å²) in [6.45, 7) is 0. The lowest BCUT2D eigenvalue weighted by Gasteiger charge is -2.36. The van der Waals surface area contributed by atoms with Crippen molar-refractivity contribution in [2.75, 3.05) is 12.4 Å². The highest BCUT2D eigenvalue weighted by atomic mass is 32.1. The predicted molar refractivity (Wildman–Crippen MR) is 82.2 cm³/mol. The molecule has 2 N–H and O–H groups in total. The van der Waals surface area contributed by atoms with E-state index in [9.17, 15) is 4.79 Å². The molecule has 2 aliphatic rings. The largest absolute Gasteiger partial charge is 0.314 e. The molecule has 110 valence electrons. The first-order valence-corrected chi connectivity index (χ1v) is 8.53. The summed E-state index contributed by atoms with van der Waals surface area (Å²) in [5.74, 6) is 0.747. The number of carbonyl (C=O) groups is 1. The number of nitrogens with one attached hydrogen (secondary N) is 2. The molecule has 2 fully saturated rings. The Morgan fingerprint density at radius 3 is 2.80 bits per heavy atom. The maximum Gasteiger partial charge on any atom is 0.228 e.